The molecular formula is C45H30N4. The number of hydrogen-bond donors (Lipinski definition) is 0. The highest BCUT2D eigenvalue weighted by Gasteiger charge is 2.47. The van der Waals surface area contributed by atoms with Crippen molar-refractivity contribution in [1.82, 2.24) is 4.57 Å². The first kappa shape index (κ1) is 28.6. The molecule has 0 N–H and O–H groups in total. The van der Waals surface area contributed by atoms with Crippen molar-refractivity contribution in [1.29, 1.82) is 10.5 Å². The molecule has 0 bridgehead atoms. The van der Waals surface area contributed by atoms with E-state index in [1.165, 1.54) is 16.7 Å². The molecule has 4 nitrogen and oxygen atoms in total. The highest BCUT2D eigenvalue weighted by atomic mass is 15.2. The molecule has 230 valence electrons. The van der Waals surface area contributed by atoms with Crippen LogP contribution in [0.2, 0.25) is 0 Å². The molecule has 0 fully saturated rings. The van der Waals surface area contributed by atoms with Crippen LogP contribution in [0.15, 0.2) is 158 Å². The minimum absolute atomic E-state index is 0.113. The van der Waals surface area contributed by atoms with E-state index in [2.05, 4.69) is 156 Å². The van der Waals surface area contributed by atoms with Crippen LogP contribution in [-0.4, -0.2) is 10.1 Å². The van der Waals surface area contributed by atoms with E-state index in [0.717, 1.165) is 50.0 Å². The Morgan fingerprint density at radius 3 is 1.84 bits per heavy atom. The Bertz CT molecular complexity index is 2560. The molecule has 2 aliphatic rings. The Morgan fingerprint density at radius 1 is 0.592 bits per heavy atom. The first-order valence-electron chi connectivity index (χ1n) is 16.5. The molecule has 49 heavy (non-hydrogen) atoms. The maximum atomic E-state index is 10.3. The Labute approximate surface area is 285 Å². The molecule has 0 amide bonds. The van der Waals surface area contributed by atoms with E-state index in [-0.39, 0.29) is 5.92 Å². The van der Waals surface area contributed by atoms with Gasteiger partial charge in [-0.05, 0) is 89.3 Å². The normalized spacial score (nSPS) is 17.7. The van der Waals surface area contributed by atoms with Crippen LogP contribution in [0.5, 0.6) is 0 Å². The van der Waals surface area contributed by atoms with Gasteiger partial charge in [0.05, 0.1) is 39.8 Å². The molecule has 1 aromatic heterocycles. The van der Waals surface area contributed by atoms with Crippen LogP contribution in [0, 0.1) is 22.7 Å². The van der Waals surface area contributed by atoms with Gasteiger partial charge in [-0.15, -0.1) is 0 Å². The van der Waals surface area contributed by atoms with E-state index in [4.69, 9.17) is 0 Å². The Kier molecular flexibility index (Phi) is 6.41. The monoisotopic (exact) mass is 626 g/mol. The van der Waals surface area contributed by atoms with Crippen LogP contribution in [0.25, 0.3) is 44.2 Å². The average Bonchev–Trinajstić information content (AvgIpc) is 3.63. The molecule has 9 rings (SSSR count). The summed E-state index contributed by atoms with van der Waals surface area (Å²) < 4.78 is 2.23. The SMILES string of the molecule is CC12C=CC(c3ccccc3)=CC1c1ccccc1N2c1cc(C#N)cc(-c2cc(C#N)cc(-n3c4ccccc4c4ccccc43)c2)c1. The lowest BCUT2D eigenvalue weighted by molar-refractivity contribution is 0.544. The van der Waals surface area contributed by atoms with Gasteiger partial charge >= 0.3 is 0 Å². The summed E-state index contributed by atoms with van der Waals surface area (Å²) in [5, 5.41) is 22.9. The third-order valence-electron chi connectivity index (χ3n) is 10.2. The van der Waals surface area contributed by atoms with E-state index in [0.29, 0.717) is 11.1 Å². The van der Waals surface area contributed by atoms with Crippen molar-refractivity contribution < 1.29 is 0 Å². The lowest BCUT2D eigenvalue weighted by Crippen LogP contribution is -2.42. The van der Waals surface area contributed by atoms with Gasteiger partial charge in [0.15, 0.2) is 0 Å². The minimum Gasteiger partial charge on any atom is -0.331 e. The van der Waals surface area contributed by atoms with E-state index in [1.54, 1.807) is 0 Å². The highest BCUT2D eigenvalue weighted by molar-refractivity contribution is 6.09. The zero-order valence-corrected chi connectivity index (χ0v) is 26.9. The summed E-state index contributed by atoms with van der Waals surface area (Å²) in [5.74, 6) is 0.113. The van der Waals surface area contributed by atoms with E-state index in [9.17, 15) is 10.5 Å². The predicted molar refractivity (Wildman–Crippen MR) is 199 cm³/mol. The van der Waals surface area contributed by atoms with E-state index >= 15 is 0 Å². The molecule has 0 spiro atoms. The lowest BCUT2D eigenvalue weighted by Gasteiger charge is -2.40. The minimum atomic E-state index is -0.393. The molecule has 2 unspecified atom stereocenters. The summed E-state index contributed by atoms with van der Waals surface area (Å²) in [6.45, 7) is 2.28. The van der Waals surface area contributed by atoms with Gasteiger partial charge in [0.1, 0.15) is 0 Å². The lowest BCUT2D eigenvalue weighted by atomic mass is 9.77. The molecule has 2 heterocycles. The zero-order chi connectivity index (χ0) is 33.1. The maximum absolute atomic E-state index is 10.3. The van der Waals surface area contributed by atoms with Crippen LogP contribution in [0.3, 0.4) is 0 Å². The number of rotatable bonds is 4. The Balaban J connectivity index is 1.21. The van der Waals surface area contributed by atoms with E-state index < -0.39 is 5.54 Å². The molecule has 1 aliphatic carbocycles. The fourth-order valence-electron chi connectivity index (χ4n) is 7.98. The smallest absolute Gasteiger partial charge is 0.0992 e. The number of para-hydroxylation sites is 3. The van der Waals surface area contributed by atoms with Gasteiger partial charge in [-0.25, -0.2) is 0 Å². The van der Waals surface area contributed by atoms with Crippen LogP contribution < -0.4 is 4.90 Å². The van der Waals surface area contributed by atoms with Gasteiger partial charge in [-0.1, -0.05) is 103 Å². The fraction of sp³-hybridized carbons (Fsp3) is 0.0667. The van der Waals surface area contributed by atoms with Crippen LogP contribution in [0.1, 0.15) is 35.1 Å². The van der Waals surface area contributed by atoms with Gasteiger partial charge in [-0.2, -0.15) is 10.5 Å². The Hall–Kier alpha value is -6.62. The van der Waals surface area contributed by atoms with Crippen LogP contribution in [0.4, 0.5) is 11.4 Å². The molecule has 4 heteroatoms. The molecular weight excluding hydrogens is 597 g/mol. The second kappa shape index (κ2) is 11.0. The number of nitrogens with zero attached hydrogens (tertiary/aromatic N) is 4. The van der Waals surface area contributed by atoms with Crippen molar-refractivity contribution in [3.63, 3.8) is 0 Å². The highest BCUT2D eigenvalue weighted by Crippen LogP contribution is 2.55. The van der Waals surface area contributed by atoms with Crippen LogP contribution in [-0.2, 0) is 0 Å². The average molecular weight is 627 g/mol. The summed E-state index contributed by atoms with van der Waals surface area (Å²) in [4.78, 5) is 2.38. The quantitative estimate of drug-likeness (QED) is 0.195. The second-order valence-corrected chi connectivity index (χ2v) is 13.0. The van der Waals surface area contributed by atoms with Crippen molar-refractivity contribution in [2.24, 2.45) is 0 Å². The van der Waals surface area contributed by atoms with Gasteiger partial charge in [0.2, 0.25) is 0 Å². The number of allylic oxidation sites excluding steroid dienone is 2. The summed E-state index contributed by atoms with van der Waals surface area (Å²) in [6, 6.07) is 52.8. The fourth-order valence-corrected chi connectivity index (χ4v) is 7.98. The summed E-state index contributed by atoms with van der Waals surface area (Å²) in [7, 11) is 0. The molecule has 0 saturated carbocycles. The summed E-state index contributed by atoms with van der Waals surface area (Å²) in [6.07, 6.45) is 6.93. The van der Waals surface area contributed by atoms with Crippen molar-refractivity contribution in [3.8, 4) is 29.0 Å². The van der Waals surface area contributed by atoms with Crippen molar-refractivity contribution in [3.05, 3.63) is 180 Å². The third kappa shape index (κ3) is 4.43. The van der Waals surface area contributed by atoms with Crippen molar-refractivity contribution in [2.75, 3.05) is 4.90 Å². The second-order valence-electron chi connectivity index (χ2n) is 13.0. The predicted octanol–water partition coefficient (Wildman–Crippen LogP) is 10.8. The van der Waals surface area contributed by atoms with Gasteiger partial charge in [0, 0.05) is 33.8 Å². The molecule has 0 saturated heterocycles. The number of hydrogen-bond acceptors (Lipinski definition) is 3. The maximum Gasteiger partial charge on any atom is 0.0992 e. The van der Waals surface area contributed by atoms with Gasteiger partial charge < -0.3 is 9.47 Å². The third-order valence-corrected chi connectivity index (χ3v) is 10.2. The van der Waals surface area contributed by atoms with Gasteiger partial charge in [0.25, 0.3) is 0 Å². The van der Waals surface area contributed by atoms with Crippen molar-refractivity contribution >= 4 is 38.8 Å². The first-order chi connectivity index (χ1) is 24.1. The van der Waals surface area contributed by atoms with Gasteiger partial charge in [-0.3, -0.25) is 0 Å². The van der Waals surface area contributed by atoms with Crippen LogP contribution >= 0.6 is 0 Å². The van der Waals surface area contributed by atoms with Crippen molar-refractivity contribution in [2.45, 2.75) is 18.4 Å². The standard InChI is InChI=1S/C45H30N4/c1-45-20-19-33(32-11-3-2-4-12-32)27-41(45)40-15-7-10-18-44(40)49(45)37-24-31(29-47)22-35(26-37)34-21-30(28-46)23-36(25-34)48-42-16-8-5-13-38(42)39-14-6-9-17-43(39)48/h2-27,41H,1H3. The molecule has 2 atom stereocenters. The molecule has 0 radical (unpaired) electrons. The number of aromatic nitrogens is 1. The zero-order valence-electron chi connectivity index (χ0n) is 26.9. The number of nitriles is 2. The number of fused-ring (bicyclic) bond motifs is 6. The number of anilines is 2. The Morgan fingerprint density at radius 2 is 1.16 bits per heavy atom. The summed E-state index contributed by atoms with van der Waals surface area (Å²) in [5.41, 5.74) is 11.3. The molecule has 7 aromatic rings. The first-order valence-corrected chi connectivity index (χ1v) is 16.5. The molecule has 6 aromatic carbocycles. The summed E-state index contributed by atoms with van der Waals surface area (Å²) >= 11 is 0. The topological polar surface area (TPSA) is 55.8 Å². The van der Waals surface area contributed by atoms with E-state index in [1.807, 2.05) is 30.3 Å². The number of benzene rings is 6. The molecule has 1 aliphatic heterocycles. The largest absolute Gasteiger partial charge is 0.331 e.